The van der Waals surface area contributed by atoms with Gasteiger partial charge in [0.25, 0.3) is 0 Å². The lowest BCUT2D eigenvalue weighted by molar-refractivity contribution is 0.0448. The minimum absolute atomic E-state index is 0.0399. The van der Waals surface area contributed by atoms with E-state index in [1.165, 1.54) is 41.7 Å². The van der Waals surface area contributed by atoms with Crippen molar-refractivity contribution >= 4 is 16.0 Å². The third kappa shape index (κ3) is 5.74. The molecule has 2 aromatic rings. The summed E-state index contributed by atoms with van der Waals surface area (Å²) in [5.41, 5.74) is 0.0834. The first-order valence-electron chi connectivity index (χ1n) is 10.2. The number of hydrogen-bond donors (Lipinski definition) is 0. The van der Waals surface area contributed by atoms with Crippen LogP contribution < -0.4 is 9.47 Å². The van der Waals surface area contributed by atoms with Gasteiger partial charge in [0.05, 0.1) is 12.7 Å². The predicted octanol–water partition coefficient (Wildman–Crippen LogP) is 3.63. The van der Waals surface area contributed by atoms with E-state index in [1.807, 2.05) is 0 Å². The van der Waals surface area contributed by atoms with Crippen molar-refractivity contribution in [2.45, 2.75) is 30.6 Å². The maximum absolute atomic E-state index is 13.5. The first-order valence-corrected chi connectivity index (χ1v) is 11.6. The second-order valence-corrected chi connectivity index (χ2v) is 9.01. The first-order chi connectivity index (χ1) is 14.9. The van der Waals surface area contributed by atoms with Gasteiger partial charge in [-0.25, -0.2) is 17.6 Å². The highest BCUT2D eigenvalue weighted by Gasteiger charge is 2.29. The third-order valence-electron chi connectivity index (χ3n) is 4.99. The summed E-state index contributed by atoms with van der Waals surface area (Å²) in [6.07, 6.45) is 3.57. The Labute approximate surface area is 181 Å². The minimum Gasteiger partial charge on any atom is -0.495 e. The van der Waals surface area contributed by atoms with Crippen LogP contribution in [0.5, 0.6) is 11.5 Å². The molecule has 0 N–H and O–H groups in total. The molecule has 9 heteroatoms. The van der Waals surface area contributed by atoms with E-state index in [0.717, 1.165) is 25.7 Å². The van der Waals surface area contributed by atoms with Crippen LogP contribution in [0, 0.1) is 5.82 Å². The Morgan fingerprint density at radius 1 is 1.00 bits per heavy atom. The van der Waals surface area contributed by atoms with E-state index in [0.29, 0.717) is 13.1 Å². The molecule has 3 rings (SSSR count). The lowest BCUT2D eigenvalue weighted by atomic mass is 10.2. The molecule has 7 nitrogen and oxygen atoms in total. The number of carbonyl (C=O) groups excluding carboxylic acids is 1. The summed E-state index contributed by atoms with van der Waals surface area (Å²) in [4.78, 5) is 12.4. The first kappa shape index (κ1) is 23.0. The summed E-state index contributed by atoms with van der Waals surface area (Å²) < 4.78 is 57.0. The predicted molar refractivity (Wildman–Crippen MR) is 112 cm³/mol. The Hall–Kier alpha value is -2.65. The molecule has 2 aromatic carbocycles. The van der Waals surface area contributed by atoms with E-state index < -0.39 is 21.8 Å². The molecule has 31 heavy (non-hydrogen) atoms. The number of sulfonamides is 1. The molecule has 168 valence electrons. The normalized spacial score (nSPS) is 15.2. The highest BCUT2D eigenvalue weighted by atomic mass is 32.2. The van der Waals surface area contributed by atoms with Crippen molar-refractivity contribution in [2.24, 2.45) is 0 Å². The summed E-state index contributed by atoms with van der Waals surface area (Å²) in [5.74, 6) is -0.975. The lowest BCUT2D eigenvalue weighted by Crippen LogP contribution is -2.32. The standard InChI is InChI=1S/C22H26FNO6S/c1-28-20-11-10-17(16-21(20)31(26,27)24-12-6-2-3-7-13-24)22(25)30-15-14-29-19-9-5-4-8-18(19)23/h4-5,8-11,16H,2-3,6-7,12-15H2,1H3. The molecule has 1 aliphatic heterocycles. The zero-order valence-corrected chi connectivity index (χ0v) is 18.2. The topological polar surface area (TPSA) is 82.1 Å². The van der Waals surface area contributed by atoms with Crippen LogP contribution in [-0.2, 0) is 14.8 Å². The number of carbonyl (C=O) groups is 1. The third-order valence-corrected chi connectivity index (χ3v) is 6.91. The van der Waals surface area contributed by atoms with Crippen molar-refractivity contribution in [1.82, 2.24) is 4.31 Å². The SMILES string of the molecule is COc1ccc(C(=O)OCCOc2ccccc2F)cc1S(=O)(=O)N1CCCCCC1. The van der Waals surface area contributed by atoms with Crippen molar-refractivity contribution in [3.8, 4) is 11.5 Å². The van der Waals surface area contributed by atoms with Gasteiger partial charge in [0, 0.05) is 13.1 Å². The van der Waals surface area contributed by atoms with Crippen LogP contribution in [0.2, 0.25) is 0 Å². The zero-order valence-electron chi connectivity index (χ0n) is 17.4. The molecule has 0 bridgehead atoms. The van der Waals surface area contributed by atoms with Crippen molar-refractivity contribution in [3.63, 3.8) is 0 Å². The molecule has 1 fully saturated rings. The van der Waals surface area contributed by atoms with E-state index in [1.54, 1.807) is 12.1 Å². The molecule has 1 aliphatic rings. The van der Waals surface area contributed by atoms with Gasteiger partial charge in [0.1, 0.15) is 23.9 Å². The molecule has 0 unspecified atom stereocenters. The smallest absolute Gasteiger partial charge is 0.338 e. The number of ether oxygens (including phenoxy) is 3. The second kappa shape index (κ2) is 10.6. The number of esters is 1. The van der Waals surface area contributed by atoms with Crippen LogP contribution in [0.1, 0.15) is 36.0 Å². The molecular formula is C22H26FNO6S. The molecule has 0 spiro atoms. The van der Waals surface area contributed by atoms with E-state index in [4.69, 9.17) is 14.2 Å². The zero-order chi connectivity index (χ0) is 22.3. The number of halogens is 1. The van der Waals surface area contributed by atoms with Gasteiger partial charge in [-0.15, -0.1) is 0 Å². The van der Waals surface area contributed by atoms with E-state index in [9.17, 15) is 17.6 Å². The van der Waals surface area contributed by atoms with Gasteiger partial charge >= 0.3 is 5.97 Å². The molecule has 0 aromatic heterocycles. The Balaban J connectivity index is 1.69. The molecular weight excluding hydrogens is 425 g/mol. The van der Waals surface area contributed by atoms with Crippen molar-refractivity contribution < 1.29 is 31.8 Å². The van der Waals surface area contributed by atoms with Gasteiger partial charge in [-0.05, 0) is 43.2 Å². The van der Waals surface area contributed by atoms with Gasteiger partial charge in [-0.1, -0.05) is 25.0 Å². The van der Waals surface area contributed by atoms with Crippen molar-refractivity contribution in [2.75, 3.05) is 33.4 Å². The van der Waals surface area contributed by atoms with Crippen molar-refractivity contribution in [1.29, 1.82) is 0 Å². The molecule has 1 heterocycles. The molecule has 0 saturated carbocycles. The number of nitrogens with zero attached hydrogens (tertiary/aromatic N) is 1. The number of rotatable bonds is 8. The minimum atomic E-state index is -3.82. The maximum Gasteiger partial charge on any atom is 0.338 e. The average Bonchev–Trinajstić information content (AvgIpc) is 3.07. The fraction of sp³-hybridized carbons (Fsp3) is 0.409. The number of para-hydroxylation sites is 1. The average molecular weight is 452 g/mol. The van der Waals surface area contributed by atoms with Crippen LogP contribution in [0.4, 0.5) is 4.39 Å². The second-order valence-electron chi connectivity index (χ2n) is 7.10. The summed E-state index contributed by atoms with van der Waals surface area (Å²) in [6, 6.07) is 10.1. The molecule has 1 saturated heterocycles. The highest BCUT2D eigenvalue weighted by Crippen LogP contribution is 2.29. The van der Waals surface area contributed by atoms with Crippen LogP contribution in [0.15, 0.2) is 47.4 Å². The van der Waals surface area contributed by atoms with Crippen LogP contribution in [0.3, 0.4) is 0 Å². The Kier molecular flexibility index (Phi) is 7.86. The Morgan fingerprint density at radius 2 is 1.71 bits per heavy atom. The molecule has 0 aliphatic carbocycles. The monoisotopic (exact) mass is 451 g/mol. The quantitative estimate of drug-likeness (QED) is 0.450. The van der Waals surface area contributed by atoms with Crippen LogP contribution >= 0.6 is 0 Å². The number of benzene rings is 2. The van der Waals surface area contributed by atoms with Crippen LogP contribution in [0.25, 0.3) is 0 Å². The molecule has 0 radical (unpaired) electrons. The van der Waals surface area contributed by atoms with Crippen molar-refractivity contribution in [3.05, 3.63) is 53.8 Å². The van der Waals surface area contributed by atoms with E-state index in [-0.39, 0.29) is 35.2 Å². The van der Waals surface area contributed by atoms with Gasteiger partial charge in [-0.3, -0.25) is 0 Å². The molecule has 0 atom stereocenters. The number of methoxy groups -OCH3 is 1. The van der Waals surface area contributed by atoms with Gasteiger partial charge in [0.15, 0.2) is 11.6 Å². The van der Waals surface area contributed by atoms with Crippen LogP contribution in [-0.4, -0.2) is 52.1 Å². The highest BCUT2D eigenvalue weighted by molar-refractivity contribution is 7.89. The lowest BCUT2D eigenvalue weighted by Gasteiger charge is -2.21. The summed E-state index contributed by atoms with van der Waals surface area (Å²) >= 11 is 0. The summed E-state index contributed by atoms with van der Waals surface area (Å²) in [7, 11) is -2.43. The Morgan fingerprint density at radius 3 is 2.39 bits per heavy atom. The fourth-order valence-electron chi connectivity index (χ4n) is 3.36. The number of hydrogen-bond acceptors (Lipinski definition) is 6. The summed E-state index contributed by atoms with van der Waals surface area (Å²) in [5, 5.41) is 0. The van der Waals surface area contributed by atoms with E-state index in [2.05, 4.69) is 0 Å². The molecule has 0 amide bonds. The maximum atomic E-state index is 13.5. The van der Waals surface area contributed by atoms with Gasteiger partial charge in [-0.2, -0.15) is 4.31 Å². The Bertz CT molecular complexity index is 1000. The largest absolute Gasteiger partial charge is 0.495 e. The van der Waals surface area contributed by atoms with E-state index >= 15 is 0 Å². The van der Waals surface area contributed by atoms with Gasteiger partial charge in [0.2, 0.25) is 10.0 Å². The summed E-state index contributed by atoms with van der Waals surface area (Å²) in [6.45, 7) is 0.719. The van der Waals surface area contributed by atoms with Gasteiger partial charge < -0.3 is 14.2 Å². The fourth-order valence-corrected chi connectivity index (χ4v) is 5.06.